The number of rotatable bonds is 5. The molecule has 0 unspecified atom stereocenters. The Hall–Kier alpha value is -4.93. The van der Waals surface area contributed by atoms with E-state index in [1.54, 1.807) is 17.9 Å². The molecule has 7 rings (SSSR count). The quantitative estimate of drug-likeness (QED) is 0.364. The molecule has 0 saturated heterocycles. The number of aryl methyl sites for hydroxylation is 2. The molecule has 0 aliphatic carbocycles. The van der Waals surface area contributed by atoms with Gasteiger partial charge in [-0.1, -0.05) is 30.3 Å². The lowest BCUT2D eigenvalue weighted by Crippen LogP contribution is -2.47. The van der Waals surface area contributed by atoms with Crippen LogP contribution in [-0.4, -0.2) is 48.1 Å². The Morgan fingerprint density at radius 1 is 1.08 bits per heavy atom. The Labute approximate surface area is 221 Å². The Kier molecular flexibility index (Phi) is 5.09. The van der Waals surface area contributed by atoms with E-state index in [9.17, 15) is 14.0 Å². The van der Waals surface area contributed by atoms with E-state index in [0.717, 1.165) is 6.42 Å². The Bertz CT molecular complexity index is 1780. The van der Waals surface area contributed by atoms with Crippen LogP contribution in [0.1, 0.15) is 35.2 Å². The Morgan fingerprint density at radius 3 is 2.77 bits per heavy atom. The second-order valence-electron chi connectivity index (χ2n) is 9.86. The summed E-state index contributed by atoms with van der Waals surface area (Å²) in [5, 5.41) is 7.61. The number of hydrogen-bond acceptors (Lipinski definition) is 6. The van der Waals surface area contributed by atoms with E-state index < -0.39 is 11.2 Å². The molecule has 0 saturated carbocycles. The normalized spacial score (nSPS) is 18.1. The number of nitrogens with zero attached hydrogens (tertiary/aromatic N) is 6. The van der Waals surface area contributed by atoms with E-state index in [4.69, 9.17) is 5.10 Å². The summed E-state index contributed by atoms with van der Waals surface area (Å²) < 4.78 is 16.2. The number of H-pyrrole nitrogens is 1. The smallest absolute Gasteiger partial charge is 0.242 e. The highest BCUT2D eigenvalue weighted by atomic mass is 19.1. The molecule has 2 aliphatic heterocycles. The van der Waals surface area contributed by atoms with Gasteiger partial charge in [0, 0.05) is 24.2 Å². The van der Waals surface area contributed by atoms with E-state index in [1.807, 2.05) is 18.2 Å². The van der Waals surface area contributed by atoms with E-state index in [2.05, 4.69) is 37.4 Å². The van der Waals surface area contributed by atoms with Crippen LogP contribution in [0.3, 0.4) is 0 Å². The van der Waals surface area contributed by atoms with E-state index in [1.165, 1.54) is 35.0 Å². The lowest BCUT2D eigenvalue weighted by Gasteiger charge is -2.33. The topological polar surface area (TPSA) is 122 Å². The van der Waals surface area contributed by atoms with Crippen LogP contribution >= 0.6 is 0 Å². The number of nitrogens with one attached hydrogen (secondary N) is 2. The SMILES string of the molecule is Cc1nn(-c2ncnc3nc[nH]c23)c2c1[C@@]1(CC(=O)N2)C(=O)N(CCCc2ccccc2)c2ccc(F)cc21. The van der Waals surface area contributed by atoms with Gasteiger partial charge in [-0.05, 0) is 49.1 Å². The molecule has 2 aliphatic rings. The third-order valence-electron chi connectivity index (χ3n) is 7.58. The van der Waals surface area contributed by atoms with Gasteiger partial charge in [0.05, 0.1) is 12.0 Å². The molecule has 5 aromatic rings. The Balaban J connectivity index is 1.37. The molecular formula is C28H23FN8O2. The monoisotopic (exact) mass is 522 g/mol. The van der Waals surface area contributed by atoms with E-state index in [-0.39, 0.29) is 18.2 Å². The Morgan fingerprint density at radius 2 is 1.92 bits per heavy atom. The summed E-state index contributed by atoms with van der Waals surface area (Å²) in [6, 6.07) is 14.4. The van der Waals surface area contributed by atoms with Crippen molar-refractivity contribution in [3.8, 4) is 5.82 Å². The third-order valence-corrected chi connectivity index (χ3v) is 7.58. The lowest BCUT2D eigenvalue weighted by atomic mass is 9.70. The zero-order valence-electron chi connectivity index (χ0n) is 21.0. The summed E-state index contributed by atoms with van der Waals surface area (Å²) in [6.45, 7) is 2.21. The van der Waals surface area contributed by atoms with Gasteiger partial charge in [-0.2, -0.15) is 9.78 Å². The highest BCUT2D eigenvalue weighted by molar-refractivity contribution is 6.16. The van der Waals surface area contributed by atoms with Crippen LogP contribution in [0.15, 0.2) is 61.2 Å². The van der Waals surface area contributed by atoms with Gasteiger partial charge >= 0.3 is 0 Å². The first-order chi connectivity index (χ1) is 19.0. The lowest BCUT2D eigenvalue weighted by molar-refractivity contribution is -0.126. The number of amides is 2. The highest BCUT2D eigenvalue weighted by Crippen LogP contribution is 2.53. The molecule has 0 bridgehead atoms. The van der Waals surface area contributed by atoms with Gasteiger partial charge in [-0.15, -0.1) is 0 Å². The van der Waals surface area contributed by atoms with Crippen molar-refractivity contribution < 1.29 is 14.0 Å². The molecule has 2 aromatic carbocycles. The number of aromatic amines is 1. The first kappa shape index (κ1) is 23.2. The molecule has 10 nitrogen and oxygen atoms in total. The second-order valence-corrected chi connectivity index (χ2v) is 9.86. The predicted molar refractivity (Wildman–Crippen MR) is 141 cm³/mol. The summed E-state index contributed by atoms with van der Waals surface area (Å²) in [6.07, 6.45) is 4.20. The number of aromatic nitrogens is 6. The molecule has 194 valence electrons. The van der Waals surface area contributed by atoms with Crippen molar-refractivity contribution in [2.24, 2.45) is 0 Å². The van der Waals surface area contributed by atoms with Crippen molar-refractivity contribution in [1.82, 2.24) is 29.7 Å². The van der Waals surface area contributed by atoms with Crippen LogP contribution in [0.25, 0.3) is 17.0 Å². The van der Waals surface area contributed by atoms with Gasteiger partial charge in [0.1, 0.15) is 28.9 Å². The number of halogens is 1. The van der Waals surface area contributed by atoms with Gasteiger partial charge in [-0.3, -0.25) is 9.59 Å². The van der Waals surface area contributed by atoms with Crippen LogP contribution in [0.4, 0.5) is 15.9 Å². The van der Waals surface area contributed by atoms with Crippen molar-refractivity contribution in [2.75, 3.05) is 16.8 Å². The fourth-order valence-corrected chi connectivity index (χ4v) is 5.99. The largest absolute Gasteiger partial charge is 0.340 e. The van der Waals surface area contributed by atoms with Gasteiger partial charge in [-0.25, -0.2) is 19.3 Å². The van der Waals surface area contributed by atoms with Crippen LogP contribution < -0.4 is 10.2 Å². The van der Waals surface area contributed by atoms with E-state index >= 15 is 0 Å². The van der Waals surface area contributed by atoms with Crippen molar-refractivity contribution in [1.29, 1.82) is 0 Å². The fourth-order valence-electron chi connectivity index (χ4n) is 5.99. The van der Waals surface area contributed by atoms with Crippen molar-refractivity contribution in [3.63, 3.8) is 0 Å². The van der Waals surface area contributed by atoms with Crippen LogP contribution in [0.5, 0.6) is 0 Å². The first-order valence-electron chi connectivity index (χ1n) is 12.7. The standard InChI is InChI=1S/C28H23FN8O2/c1-16-22-25(37(35-16)26-23-24(31-14-30-23)32-15-33-26)34-21(38)13-28(22)19-12-18(29)9-10-20(19)36(27(28)39)11-5-8-17-6-3-2-4-7-17/h2-4,6-7,9-10,12,14-15H,5,8,11,13H2,1H3,(H,34,38)(H,30,31,32,33)/t28-/m0/s1. The fraction of sp³-hybridized carbons (Fsp3) is 0.214. The summed E-state index contributed by atoms with van der Waals surface area (Å²) >= 11 is 0. The number of benzene rings is 2. The molecule has 39 heavy (non-hydrogen) atoms. The number of carbonyl (C=O) groups excluding carboxylic acids is 2. The van der Waals surface area contributed by atoms with Gasteiger partial charge in [0.25, 0.3) is 0 Å². The number of fused-ring (bicyclic) bond motifs is 5. The summed E-state index contributed by atoms with van der Waals surface area (Å²) in [7, 11) is 0. The molecule has 2 amide bonds. The molecule has 0 fully saturated rings. The zero-order chi connectivity index (χ0) is 26.7. The maximum atomic E-state index is 14.7. The van der Waals surface area contributed by atoms with E-state index in [0.29, 0.717) is 58.3 Å². The summed E-state index contributed by atoms with van der Waals surface area (Å²) in [5.41, 5.74) is 2.88. The van der Waals surface area contributed by atoms with Crippen molar-refractivity contribution in [2.45, 2.75) is 31.6 Å². The molecule has 5 heterocycles. The van der Waals surface area contributed by atoms with Crippen LogP contribution in [0, 0.1) is 12.7 Å². The molecular weight excluding hydrogens is 499 g/mol. The van der Waals surface area contributed by atoms with Gasteiger partial charge in [0.15, 0.2) is 11.5 Å². The minimum Gasteiger partial charge on any atom is -0.340 e. The number of anilines is 2. The van der Waals surface area contributed by atoms with Gasteiger partial charge in [0.2, 0.25) is 11.8 Å². The summed E-state index contributed by atoms with van der Waals surface area (Å²) in [5.74, 6) is -0.394. The highest BCUT2D eigenvalue weighted by Gasteiger charge is 2.58. The predicted octanol–water partition coefficient (Wildman–Crippen LogP) is 3.59. The molecule has 3 aromatic heterocycles. The minimum atomic E-state index is -1.41. The minimum absolute atomic E-state index is 0.153. The molecule has 0 radical (unpaired) electrons. The zero-order valence-corrected chi connectivity index (χ0v) is 21.0. The maximum absolute atomic E-state index is 14.7. The second kappa shape index (κ2) is 8.55. The first-order valence-corrected chi connectivity index (χ1v) is 12.7. The average Bonchev–Trinajstić information content (AvgIpc) is 3.60. The van der Waals surface area contributed by atoms with Crippen LogP contribution in [0.2, 0.25) is 0 Å². The number of imidazole rings is 1. The van der Waals surface area contributed by atoms with Gasteiger partial charge < -0.3 is 15.2 Å². The molecule has 11 heteroatoms. The number of hydrogen-bond donors (Lipinski definition) is 2. The molecule has 1 spiro atoms. The molecule has 2 N–H and O–H groups in total. The van der Waals surface area contributed by atoms with Crippen molar-refractivity contribution in [3.05, 3.63) is 89.4 Å². The average molecular weight is 523 g/mol. The maximum Gasteiger partial charge on any atom is 0.242 e. The van der Waals surface area contributed by atoms with Crippen molar-refractivity contribution >= 4 is 34.5 Å². The van der Waals surface area contributed by atoms with Crippen LogP contribution in [-0.2, 0) is 21.4 Å². The summed E-state index contributed by atoms with van der Waals surface area (Å²) in [4.78, 5) is 45.1. The molecule has 1 atom stereocenters. The third kappa shape index (κ3) is 3.39. The number of carbonyl (C=O) groups is 2.